The van der Waals surface area contributed by atoms with Crippen LogP contribution in [0.1, 0.15) is 30.3 Å². The van der Waals surface area contributed by atoms with Crippen LogP contribution in [0, 0.1) is 5.21 Å². The maximum Gasteiger partial charge on any atom is 0.527 e. The van der Waals surface area contributed by atoms with Gasteiger partial charge in [0.15, 0.2) is 18.2 Å². The standard InChI is InChI=1S/C28H30N6O8/c1-2-41-28(39)42-34-15-13-32(14-16-34)27(38)21(10-11-24(35)36)31-26(37)23-17-22(20-9-6-12-33(40)18-20)29-25(30-23)19-7-4-3-5-8-19/h3-9,12,17-18,21H,2,10-11,13-16H2,1H3,(H,31,37)(H,35,36)/t21-/m0/s1. The first-order valence-electron chi connectivity index (χ1n) is 13.3. The quantitative estimate of drug-likeness (QED) is 0.203. The lowest BCUT2D eigenvalue weighted by atomic mass is 10.1. The third kappa shape index (κ3) is 7.97. The molecule has 3 aromatic rings. The van der Waals surface area contributed by atoms with Gasteiger partial charge >= 0.3 is 12.1 Å². The largest absolute Gasteiger partial charge is 0.619 e. The number of pyridine rings is 1. The van der Waals surface area contributed by atoms with E-state index in [0.29, 0.717) is 21.6 Å². The molecule has 0 spiro atoms. The number of piperazine rings is 1. The molecule has 0 radical (unpaired) electrons. The summed E-state index contributed by atoms with van der Waals surface area (Å²) in [6.45, 7) is 2.57. The number of carboxylic acid groups (broad SMARTS) is 1. The molecule has 1 aliphatic heterocycles. The van der Waals surface area contributed by atoms with E-state index < -0.39 is 30.0 Å². The average molecular weight is 579 g/mol. The molecule has 1 fully saturated rings. The van der Waals surface area contributed by atoms with Gasteiger partial charge in [-0.25, -0.2) is 14.8 Å². The monoisotopic (exact) mass is 578 g/mol. The number of nitrogens with zero attached hydrogens (tertiary/aromatic N) is 5. The van der Waals surface area contributed by atoms with Gasteiger partial charge in [-0.05, 0) is 25.5 Å². The van der Waals surface area contributed by atoms with Crippen molar-refractivity contribution in [1.82, 2.24) is 25.2 Å². The van der Waals surface area contributed by atoms with Crippen LogP contribution >= 0.6 is 0 Å². The maximum atomic E-state index is 13.5. The lowest BCUT2D eigenvalue weighted by Crippen LogP contribution is -2.55. The highest BCUT2D eigenvalue weighted by Crippen LogP contribution is 2.22. The summed E-state index contributed by atoms with van der Waals surface area (Å²) in [6.07, 6.45) is 1.27. The third-order valence-electron chi connectivity index (χ3n) is 6.33. The Kier molecular flexibility index (Phi) is 9.94. The van der Waals surface area contributed by atoms with Crippen LogP contribution in [0.2, 0.25) is 0 Å². The Balaban J connectivity index is 1.56. The van der Waals surface area contributed by atoms with Crippen LogP contribution in [-0.4, -0.2) is 87.8 Å². The molecule has 0 unspecified atom stereocenters. The van der Waals surface area contributed by atoms with E-state index in [1.807, 2.05) is 6.07 Å². The number of carbonyl (C=O) groups is 4. The Morgan fingerprint density at radius 3 is 2.43 bits per heavy atom. The SMILES string of the molecule is CCOC(=O)ON1CCN(C(=O)[C@H](CCC(=O)O)NC(=O)c2cc(-c3ccc[n+]([O-])c3)nc(-c3ccccc3)n2)CC1. The van der Waals surface area contributed by atoms with Crippen molar-refractivity contribution in [2.45, 2.75) is 25.8 Å². The number of carbonyl (C=O) groups excluding carboxylic acids is 3. The van der Waals surface area contributed by atoms with Crippen molar-refractivity contribution >= 4 is 23.9 Å². The number of benzene rings is 1. The average Bonchev–Trinajstić information content (AvgIpc) is 2.99. The van der Waals surface area contributed by atoms with Crippen LogP contribution in [0.5, 0.6) is 0 Å². The maximum absolute atomic E-state index is 13.5. The molecule has 3 heterocycles. The summed E-state index contributed by atoms with van der Waals surface area (Å²) in [5.74, 6) is -2.09. The van der Waals surface area contributed by atoms with E-state index in [1.165, 1.54) is 28.4 Å². The van der Waals surface area contributed by atoms with E-state index in [1.54, 1.807) is 43.3 Å². The highest BCUT2D eigenvalue weighted by molar-refractivity contribution is 5.97. The minimum absolute atomic E-state index is 0.0686. The van der Waals surface area contributed by atoms with Gasteiger partial charge in [-0.3, -0.25) is 14.4 Å². The van der Waals surface area contributed by atoms with Gasteiger partial charge in [0.25, 0.3) is 5.91 Å². The molecule has 0 saturated carbocycles. The molecule has 2 N–H and O–H groups in total. The summed E-state index contributed by atoms with van der Waals surface area (Å²) >= 11 is 0. The van der Waals surface area contributed by atoms with Gasteiger partial charge in [-0.1, -0.05) is 30.3 Å². The topological polar surface area (TPSA) is 178 Å². The number of amides is 2. The van der Waals surface area contributed by atoms with Crippen LogP contribution in [-0.2, 0) is 19.2 Å². The molecular weight excluding hydrogens is 548 g/mol. The van der Waals surface area contributed by atoms with Crippen LogP contribution in [0.3, 0.4) is 0 Å². The summed E-state index contributed by atoms with van der Waals surface area (Å²) < 4.78 is 5.37. The number of hydroxylamine groups is 2. The molecule has 14 heteroatoms. The normalized spacial score (nSPS) is 14.1. The van der Waals surface area contributed by atoms with Crippen LogP contribution in [0.4, 0.5) is 4.79 Å². The number of aromatic nitrogens is 3. The fourth-order valence-electron chi connectivity index (χ4n) is 4.26. The molecule has 14 nitrogen and oxygen atoms in total. The van der Waals surface area contributed by atoms with Crippen molar-refractivity contribution in [3.8, 4) is 22.6 Å². The van der Waals surface area contributed by atoms with Crippen molar-refractivity contribution in [2.24, 2.45) is 0 Å². The smallest absolute Gasteiger partial charge is 0.527 e. The molecular formula is C28H30N6O8. The van der Waals surface area contributed by atoms with Crippen molar-refractivity contribution in [1.29, 1.82) is 0 Å². The van der Waals surface area contributed by atoms with Gasteiger partial charge in [0.2, 0.25) is 5.91 Å². The molecule has 2 amide bonds. The van der Waals surface area contributed by atoms with Gasteiger partial charge < -0.3 is 30.1 Å². The predicted octanol–water partition coefficient (Wildman–Crippen LogP) is 1.64. The molecule has 0 aliphatic carbocycles. The molecule has 2 aromatic heterocycles. The van der Waals surface area contributed by atoms with Gasteiger partial charge in [0.1, 0.15) is 11.7 Å². The van der Waals surface area contributed by atoms with Gasteiger partial charge in [0, 0.05) is 31.1 Å². The first-order chi connectivity index (χ1) is 20.2. The van der Waals surface area contributed by atoms with Crippen molar-refractivity contribution in [3.63, 3.8) is 0 Å². The van der Waals surface area contributed by atoms with E-state index in [-0.39, 0.29) is 57.1 Å². The van der Waals surface area contributed by atoms with Crippen molar-refractivity contribution in [3.05, 3.63) is 71.8 Å². The first-order valence-corrected chi connectivity index (χ1v) is 13.3. The summed E-state index contributed by atoms with van der Waals surface area (Å²) in [5, 5.41) is 25.2. The molecule has 1 saturated heterocycles. The zero-order chi connectivity index (χ0) is 30.1. The number of hydrogen-bond donors (Lipinski definition) is 2. The van der Waals surface area contributed by atoms with Crippen LogP contribution in [0.15, 0.2) is 60.9 Å². The number of rotatable bonds is 10. The fraction of sp³-hybridized carbons (Fsp3) is 0.321. The summed E-state index contributed by atoms with van der Waals surface area (Å²) in [6, 6.07) is 12.4. The Bertz CT molecular complexity index is 1430. The number of nitrogens with one attached hydrogen (secondary N) is 1. The van der Waals surface area contributed by atoms with Crippen LogP contribution < -0.4 is 10.0 Å². The molecule has 4 rings (SSSR count). The molecule has 220 valence electrons. The van der Waals surface area contributed by atoms with Gasteiger partial charge in [0.05, 0.1) is 31.0 Å². The Labute approximate surface area is 241 Å². The minimum atomic E-state index is -1.16. The second-order valence-electron chi connectivity index (χ2n) is 9.27. The zero-order valence-corrected chi connectivity index (χ0v) is 22.8. The van der Waals surface area contributed by atoms with Gasteiger partial charge in [-0.2, -0.15) is 4.73 Å². The van der Waals surface area contributed by atoms with Gasteiger partial charge in [-0.15, -0.1) is 5.06 Å². The Morgan fingerprint density at radius 1 is 1.05 bits per heavy atom. The lowest BCUT2D eigenvalue weighted by Gasteiger charge is -2.35. The van der Waals surface area contributed by atoms with E-state index >= 15 is 0 Å². The van der Waals surface area contributed by atoms with E-state index in [0.717, 1.165) is 0 Å². The highest BCUT2D eigenvalue weighted by Gasteiger charge is 2.31. The molecule has 42 heavy (non-hydrogen) atoms. The van der Waals surface area contributed by atoms with Crippen molar-refractivity contribution in [2.75, 3.05) is 32.8 Å². The third-order valence-corrected chi connectivity index (χ3v) is 6.33. The number of carboxylic acids is 1. The second kappa shape index (κ2) is 14.0. The first kappa shape index (κ1) is 29.9. The fourth-order valence-corrected chi connectivity index (χ4v) is 4.26. The minimum Gasteiger partial charge on any atom is -0.619 e. The predicted molar refractivity (Wildman–Crippen MR) is 146 cm³/mol. The Morgan fingerprint density at radius 2 is 1.76 bits per heavy atom. The van der Waals surface area contributed by atoms with E-state index in [4.69, 9.17) is 9.57 Å². The molecule has 1 aliphatic rings. The van der Waals surface area contributed by atoms with Crippen LogP contribution in [0.25, 0.3) is 22.6 Å². The van der Waals surface area contributed by atoms with Crippen molar-refractivity contribution < 1.29 is 38.6 Å². The summed E-state index contributed by atoms with van der Waals surface area (Å²) in [7, 11) is 0. The Hall–Kier alpha value is -5.11. The van der Waals surface area contributed by atoms with E-state index in [2.05, 4.69) is 15.3 Å². The summed E-state index contributed by atoms with van der Waals surface area (Å²) in [4.78, 5) is 65.3. The lowest BCUT2D eigenvalue weighted by molar-refractivity contribution is -0.604. The number of hydrogen-bond acceptors (Lipinski definition) is 10. The molecule has 1 aromatic carbocycles. The number of aliphatic carboxylic acids is 1. The molecule has 1 atom stereocenters. The molecule has 0 bridgehead atoms. The second-order valence-corrected chi connectivity index (χ2v) is 9.27. The number of ether oxygens (including phenoxy) is 1. The summed E-state index contributed by atoms with van der Waals surface area (Å²) in [5.41, 5.74) is 1.31. The highest BCUT2D eigenvalue weighted by atomic mass is 16.8. The van der Waals surface area contributed by atoms with E-state index in [9.17, 15) is 29.5 Å². The zero-order valence-electron chi connectivity index (χ0n) is 22.8.